The average molecular weight is 195 g/mol. The molecular formula is C10H13NO3. The van der Waals surface area contributed by atoms with Crippen molar-refractivity contribution in [3.05, 3.63) is 23.5 Å². The maximum atomic E-state index is 10.8. The van der Waals surface area contributed by atoms with E-state index in [0.717, 1.165) is 5.56 Å². The lowest BCUT2D eigenvalue weighted by atomic mass is 10.0. The highest BCUT2D eigenvalue weighted by atomic mass is 16.5. The van der Waals surface area contributed by atoms with Crippen LogP contribution < -0.4 is 4.74 Å². The first-order valence-corrected chi connectivity index (χ1v) is 4.34. The fraction of sp³-hybridized carbons (Fsp3) is 0.400. The second kappa shape index (κ2) is 4.09. The Labute approximate surface area is 82.5 Å². The molecule has 1 heterocycles. The van der Waals surface area contributed by atoms with Gasteiger partial charge in [-0.05, 0) is 12.0 Å². The van der Waals surface area contributed by atoms with E-state index in [1.54, 1.807) is 6.07 Å². The molecule has 4 nitrogen and oxygen atoms in total. The van der Waals surface area contributed by atoms with Crippen LogP contribution in [-0.4, -0.2) is 23.2 Å². The van der Waals surface area contributed by atoms with Crippen molar-refractivity contribution in [1.29, 1.82) is 0 Å². The Hall–Kier alpha value is -1.58. The van der Waals surface area contributed by atoms with E-state index < -0.39 is 5.97 Å². The quantitative estimate of drug-likeness (QED) is 0.800. The van der Waals surface area contributed by atoms with Crippen LogP contribution in [0.1, 0.15) is 35.8 Å². The van der Waals surface area contributed by atoms with Crippen LogP contribution in [0.15, 0.2) is 12.3 Å². The lowest BCUT2D eigenvalue weighted by Crippen LogP contribution is -2.06. The van der Waals surface area contributed by atoms with Crippen molar-refractivity contribution in [2.45, 2.75) is 19.8 Å². The van der Waals surface area contributed by atoms with Crippen molar-refractivity contribution >= 4 is 5.97 Å². The number of nitrogens with zero attached hydrogens (tertiary/aromatic N) is 1. The molecule has 0 atom stereocenters. The average Bonchev–Trinajstić information content (AvgIpc) is 2.16. The Morgan fingerprint density at radius 3 is 2.64 bits per heavy atom. The molecule has 76 valence electrons. The van der Waals surface area contributed by atoms with E-state index in [1.165, 1.54) is 13.3 Å². The zero-order valence-electron chi connectivity index (χ0n) is 8.44. The number of hydrogen-bond donors (Lipinski definition) is 1. The molecule has 0 radical (unpaired) electrons. The molecule has 0 bridgehead atoms. The van der Waals surface area contributed by atoms with Gasteiger partial charge < -0.3 is 9.84 Å². The maximum absolute atomic E-state index is 10.8. The highest BCUT2D eigenvalue weighted by molar-refractivity contribution is 5.89. The molecule has 0 unspecified atom stereocenters. The van der Waals surface area contributed by atoms with E-state index in [9.17, 15) is 4.79 Å². The first kappa shape index (κ1) is 10.5. The highest BCUT2D eigenvalue weighted by Gasteiger charge is 2.17. The van der Waals surface area contributed by atoms with Gasteiger partial charge in [-0.2, -0.15) is 0 Å². The molecule has 0 aliphatic carbocycles. The van der Waals surface area contributed by atoms with Crippen LogP contribution in [-0.2, 0) is 0 Å². The predicted octanol–water partition coefficient (Wildman–Crippen LogP) is 1.91. The first-order chi connectivity index (χ1) is 6.57. The largest absolute Gasteiger partial charge is 0.494 e. The van der Waals surface area contributed by atoms with E-state index in [4.69, 9.17) is 9.84 Å². The van der Waals surface area contributed by atoms with Crippen molar-refractivity contribution in [2.24, 2.45) is 0 Å². The van der Waals surface area contributed by atoms with Gasteiger partial charge in [-0.3, -0.25) is 0 Å². The summed E-state index contributed by atoms with van der Waals surface area (Å²) in [5, 5.41) is 8.86. The Morgan fingerprint density at radius 1 is 1.57 bits per heavy atom. The molecule has 0 aromatic carbocycles. The van der Waals surface area contributed by atoms with Crippen LogP contribution in [0.25, 0.3) is 0 Å². The summed E-state index contributed by atoms with van der Waals surface area (Å²) in [4.78, 5) is 14.6. The number of ether oxygens (including phenoxy) is 1. The minimum Gasteiger partial charge on any atom is -0.494 e. The van der Waals surface area contributed by atoms with Crippen LogP contribution in [0.2, 0.25) is 0 Å². The summed E-state index contributed by atoms with van der Waals surface area (Å²) in [6, 6.07) is 1.77. The summed E-state index contributed by atoms with van der Waals surface area (Å²) in [5.74, 6) is -0.495. The minimum absolute atomic E-state index is 0.0290. The number of carboxylic acids is 1. The van der Waals surface area contributed by atoms with Crippen LogP contribution in [0.5, 0.6) is 5.75 Å². The minimum atomic E-state index is -1.07. The smallest absolute Gasteiger partial charge is 0.358 e. The molecule has 0 saturated heterocycles. The molecular weight excluding hydrogens is 182 g/mol. The van der Waals surface area contributed by atoms with E-state index in [2.05, 4.69) is 4.98 Å². The number of aromatic carboxylic acids is 1. The van der Waals surface area contributed by atoms with Gasteiger partial charge in [0.2, 0.25) is 0 Å². The number of methoxy groups -OCH3 is 1. The summed E-state index contributed by atoms with van der Waals surface area (Å²) >= 11 is 0. The van der Waals surface area contributed by atoms with Crippen LogP contribution in [0.4, 0.5) is 0 Å². The fourth-order valence-electron chi connectivity index (χ4n) is 1.28. The summed E-state index contributed by atoms with van der Waals surface area (Å²) in [6.45, 7) is 3.95. The zero-order valence-corrected chi connectivity index (χ0v) is 8.44. The number of hydrogen-bond acceptors (Lipinski definition) is 3. The summed E-state index contributed by atoms with van der Waals surface area (Å²) in [6.07, 6.45) is 1.49. The number of pyridine rings is 1. The monoisotopic (exact) mass is 195 g/mol. The molecule has 14 heavy (non-hydrogen) atoms. The lowest BCUT2D eigenvalue weighted by molar-refractivity contribution is 0.0686. The molecule has 0 amide bonds. The SMILES string of the molecule is COc1c(C(C)C)ccnc1C(=O)O. The molecule has 0 aliphatic rings. The molecule has 0 saturated carbocycles. The normalized spacial score (nSPS) is 10.3. The van der Waals surface area contributed by atoms with Gasteiger partial charge in [0.1, 0.15) is 0 Å². The van der Waals surface area contributed by atoms with Gasteiger partial charge in [-0.15, -0.1) is 0 Å². The van der Waals surface area contributed by atoms with Gasteiger partial charge in [-0.1, -0.05) is 13.8 Å². The Morgan fingerprint density at radius 2 is 2.21 bits per heavy atom. The second-order valence-electron chi connectivity index (χ2n) is 3.24. The van der Waals surface area contributed by atoms with E-state index >= 15 is 0 Å². The van der Waals surface area contributed by atoms with Crippen LogP contribution in [0, 0.1) is 0 Å². The maximum Gasteiger partial charge on any atom is 0.358 e. The van der Waals surface area contributed by atoms with Crippen molar-refractivity contribution in [3.63, 3.8) is 0 Å². The topological polar surface area (TPSA) is 59.4 Å². The predicted molar refractivity (Wildman–Crippen MR) is 51.8 cm³/mol. The van der Waals surface area contributed by atoms with E-state index in [1.807, 2.05) is 13.8 Å². The number of carboxylic acid groups (broad SMARTS) is 1. The third-order valence-corrected chi connectivity index (χ3v) is 1.96. The zero-order chi connectivity index (χ0) is 10.7. The van der Waals surface area contributed by atoms with Crippen LogP contribution >= 0.6 is 0 Å². The van der Waals surface area contributed by atoms with Gasteiger partial charge in [0, 0.05) is 11.8 Å². The molecule has 0 spiro atoms. The molecule has 4 heteroatoms. The molecule has 0 fully saturated rings. The molecule has 0 aliphatic heterocycles. The van der Waals surface area contributed by atoms with Gasteiger partial charge in [0.15, 0.2) is 11.4 Å². The van der Waals surface area contributed by atoms with Crippen molar-refractivity contribution < 1.29 is 14.6 Å². The summed E-state index contributed by atoms with van der Waals surface area (Å²) < 4.78 is 5.06. The number of aromatic nitrogens is 1. The molecule has 1 N–H and O–H groups in total. The van der Waals surface area contributed by atoms with Crippen molar-refractivity contribution in [3.8, 4) is 5.75 Å². The van der Waals surface area contributed by atoms with Crippen LogP contribution in [0.3, 0.4) is 0 Å². The van der Waals surface area contributed by atoms with Crippen molar-refractivity contribution in [2.75, 3.05) is 7.11 Å². The van der Waals surface area contributed by atoms with E-state index in [0.29, 0.717) is 5.75 Å². The first-order valence-electron chi connectivity index (χ1n) is 4.34. The fourth-order valence-corrected chi connectivity index (χ4v) is 1.28. The molecule has 1 aromatic heterocycles. The lowest BCUT2D eigenvalue weighted by Gasteiger charge is -2.12. The second-order valence-corrected chi connectivity index (χ2v) is 3.24. The number of carbonyl (C=O) groups is 1. The Kier molecular flexibility index (Phi) is 3.06. The van der Waals surface area contributed by atoms with Gasteiger partial charge in [0.05, 0.1) is 7.11 Å². The van der Waals surface area contributed by atoms with E-state index in [-0.39, 0.29) is 11.6 Å². The van der Waals surface area contributed by atoms with Gasteiger partial charge in [0.25, 0.3) is 0 Å². The number of rotatable bonds is 3. The third kappa shape index (κ3) is 1.84. The Balaban J connectivity index is 3.32. The third-order valence-electron chi connectivity index (χ3n) is 1.96. The van der Waals surface area contributed by atoms with Gasteiger partial charge >= 0.3 is 5.97 Å². The molecule has 1 aromatic rings. The van der Waals surface area contributed by atoms with Gasteiger partial charge in [-0.25, -0.2) is 9.78 Å². The standard InChI is InChI=1S/C10H13NO3/c1-6(2)7-4-5-11-8(10(12)13)9(7)14-3/h4-6H,1-3H3,(H,12,13). The summed E-state index contributed by atoms with van der Waals surface area (Å²) in [7, 11) is 1.45. The molecule has 1 rings (SSSR count). The van der Waals surface area contributed by atoms with Crippen molar-refractivity contribution in [1.82, 2.24) is 4.98 Å². The highest BCUT2D eigenvalue weighted by Crippen LogP contribution is 2.28. The Bertz CT molecular complexity index is 347. The summed E-state index contributed by atoms with van der Waals surface area (Å²) in [5.41, 5.74) is 0.832.